The van der Waals surface area contributed by atoms with E-state index in [0.29, 0.717) is 18.3 Å². The van der Waals surface area contributed by atoms with Gasteiger partial charge in [-0.25, -0.2) is 0 Å². The third kappa shape index (κ3) is 3.86. The molecule has 0 aromatic carbocycles. The van der Waals surface area contributed by atoms with Crippen LogP contribution in [-0.4, -0.2) is 41.0 Å². The molecule has 1 aliphatic carbocycles. The maximum atomic E-state index is 11.8. The summed E-state index contributed by atoms with van der Waals surface area (Å²) in [5.41, 5.74) is 2.42. The van der Waals surface area contributed by atoms with E-state index in [9.17, 15) is 9.59 Å². The monoisotopic (exact) mass is 322 g/mol. The van der Waals surface area contributed by atoms with E-state index in [2.05, 4.69) is 18.0 Å². The largest absolute Gasteiger partial charge is 0.341 e. The summed E-state index contributed by atoms with van der Waals surface area (Å²) < 4.78 is 0. The number of hydrogen-bond donors (Lipinski definition) is 0. The van der Waals surface area contributed by atoms with Crippen molar-refractivity contribution in [1.82, 2.24) is 9.88 Å². The molecule has 1 heterocycles. The number of aldehydes is 1. The summed E-state index contributed by atoms with van der Waals surface area (Å²) in [5.74, 6) is 0.718. The molecule has 1 aromatic rings. The topological polar surface area (TPSA) is 50.3 Å². The number of pyridine rings is 1. The lowest BCUT2D eigenvalue weighted by Gasteiger charge is -2.34. The van der Waals surface area contributed by atoms with Gasteiger partial charge in [0, 0.05) is 31.4 Å². The summed E-state index contributed by atoms with van der Waals surface area (Å²) in [6.07, 6.45) is 5.91. The van der Waals surface area contributed by atoms with E-state index >= 15 is 0 Å². The van der Waals surface area contributed by atoms with Gasteiger partial charge in [-0.3, -0.25) is 9.78 Å². The molecule has 0 aliphatic heterocycles. The molecule has 0 radical (unpaired) electrons. The number of nitrogens with zero attached hydrogens (tertiary/aromatic N) is 2. The highest BCUT2D eigenvalue weighted by Crippen LogP contribution is 2.37. The molecule has 0 saturated carbocycles. The van der Waals surface area contributed by atoms with Crippen molar-refractivity contribution >= 4 is 23.8 Å². The van der Waals surface area contributed by atoms with Crippen molar-refractivity contribution in [3.8, 4) is 0 Å². The van der Waals surface area contributed by atoms with Gasteiger partial charge in [0.15, 0.2) is 0 Å². The number of carbonyl (C=O) groups excluding carboxylic acids is 2. The number of halogens is 1. The van der Waals surface area contributed by atoms with Crippen LogP contribution in [0.1, 0.15) is 43.4 Å². The van der Waals surface area contributed by atoms with E-state index in [1.54, 1.807) is 11.9 Å². The lowest BCUT2D eigenvalue weighted by Crippen LogP contribution is -2.39. The molecule has 0 fully saturated rings. The van der Waals surface area contributed by atoms with E-state index < -0.39 is 0 Å². The number of amides is 1. The van der Waals surface area contributed by atoms with Crippen LogP contribution in [0.3, 0.4) is 0 Å². The third-order valence-corrected chi connectivity index (χ3v) is 4.80. The van der Waals surface area contributed by atoms with Gasteiger partial charge in [-0.1, -0.05) is 13.0 Å². The van der Waals surface area contributed by atoms with Crippen molar-refractivity contribution in [1.29, 1.82) is 0 Å². The lowest BCUT2D eigenvalue weighted by atomic mass is 9.76. The molecule has 2 rings (SSSR count). The second kappa shape index (κ2) is 7.73. The fourth-order valence-corrected chi connectivity index (χ4v) is 3.58. The van der Waals surface area contributed by atoms with Crippen molar-refractivity contribution in [2.24, 2.45) is 5.92 Å². The number of alkyl halides is 1. The summed E-state index contributed by atoms with van der Waals surface area (Å²) >= 11 is 5.65. The fourth-order valence-electron chi connectivity index (χ4n) is 3.39. The van der Waals surface area contributed by atoms with E-state index in [-0.39, 0.29) is 17.8 Å². The van der Waals surface area contributed by atoms with Crippen LogP contribution in [0.25, 0.3) is 0 Å². The first-order valence-electron chi connectivity index (χ1n) is 7.75. The molecule has 1 amide bonds. The average Bonchev–Trinajstić information content (AvgIpc) is 2.52. The van der Waals surface area contributed by atoms with Crippen molar-refractivity contribution < 1.29 is 9.59 Å². The van der Waals surface area contributed by atoms with Crippen LogP contribution >= 0.6 is 11.6 Å². The van der Waals surface area contributed by atoms with E-state index in [1.165, 1.54) is 5.56 Å². The zero-order valence-corrected chi connectivity index (χ0v) is 13.9. The Kier molecular flexibility index (Phi) is 5.95. The molecule has 0 saturated heterocycles. The Bertz CT molecular complexity index is 535. The Morgan fingerprint density at radius 3 is 3.05 bits per heavy atom. The lowest BCUT2D eigenvalue weighted by molar-refractivity contribution is -0.129. The van der Waals surface area contributed by atoms with Crippen molar-refractivity contribution in [2.75, 3.05) is 12.9 Å². The second-order valence-electron chi connectivity index (χ2n) is 6.21. The van der Waals surface area contributed by atoms with E-state index in [1.807, 2.05) is 12.3 Å². The first-order valence-corrected chi connectivity index (χ1v) is 8.29. The highest BCUT2D eigenvalue weighted by Gasteiger charge is 2.29. The average molecular weight is 323 g/mol. The Morgan fingerprint density at radius 1 is 1.59 bits per heavy atom. The van der Waals surface area contributed by atoms with Gasteiger partial charge in [0.25, 0.3) is 0 Å². The Hall–Kier alpha value is -1.42. The molecular weight excluding hydrogens is 300 g/mol. The molecule has 1 aromatic heterocycles. The van der Waals surface area contributed by atoms with Crippen LogP contribution in [-0.2, 0) is 16.0 Å². The van der Waals surface area contributed by atoms with Gasteiger partial charge < -0.3 is 9.69 Å². The summed E-state index contributed by atoms with van der Waals surface area (Å²) in [5, 5.41) is 0. The van der Waals surface area contributed by atoms with Crippen LogP contribution in [0.5, 0.6) is 0 Å². The number of carbonyl (C=O) groups is 2. The van der Waals surface area contributed by atoms with Crippen molar-refractivity contribution in [3.05, 3.63) is 29.6 Å². The number of fused-ring (bicyclic) bond motifs is 1. The Labute approximate surface area is 136 Å². The number of aromatic nitrogens is 1. The maximum Gasteiger partial charge on any atom is 0.237 e. The SMILES string of the molecule is C[C@H]1Cc2ncccc2[C@@H](C[C@H](CC=O)N(C)C(=O)CCl)C1. The first kappa shape index (κ1) is 16.9. The quantitative estimate of drug-likeness (QED) is 0.598. The summed E-state index contributed by atoms with van der Waals surface area (Å²) in [6.45, 7) is 2.23. The second-order valence-corrected chi connectivity index (χ2v) is 6.48. The summed E-state index contributed by atoms with van der Waals surface area (Å²) in [6, 6.07) is 3.98. The number of hydrogen-bond acceptors (Lipinski definition) is 3. The summed E-state index contributed by atoms with van der Waals surface area (Å²) in [4.78, 5) is 29.0. The molecule has 4 nitrogen and oxygen atoms in total. The highest BCUT2D eigenvalue weighted by molar-refractivity contribution is 6.27. The van der Waals surface area contributed by atoms with Crippen LogP contribution in [0, 0.1) is 5.92 Å². The molecule has 3 atom stereocenters. The molecule has 0 spiro atoms. The first-order chi connectivity index (χ1) is 10.6. The predicted octanol–water partition coefficient (Wildman–Crippen LogP) is 2.79. The summed E-state index contributed by atoms with van der Waals surface area (Å²) in [7, 11) is 1.73. The van der Waals surface area contributed by atoms with Crippen LogP contribution in [0.15, 0.2) is 18.3 Å². The van der Waals surface area contributed by atoms with Gasteiger partial charge in [0.05, 0.1) is 0 Å². The maximum absolute atomic E-state index is 11.8. The zero-order chi connectivity index (χ0) is 16.1. The van der Waals surface area contributed by atoms with Gasteiger partial charge in [0.1, 0.15) is 12.2 Å². The molecular formula is C17H23ClN2O2. The molecule has 0 bridgehead atoms. The van der Waals surface area contributed by atoms with E-state index in [4.69, 9.17) is 11.6 Å². The van der Waals surface area contributed by atoms with Crippen molar-refractivity contribution in [2.45, 2.75) is 44.6 Å². The standard InChI is InChI=1S/C17H23ClN2O2/c1-12-8-13(15-4-3-6-19-16(15)9-12)10-14(5-7-21)20(2)17(22)11-18/h3-4,6-7,12-14H,5,8-11H2,1-2H3/t12-,13-,14+/m1/s1. The van der Waals surface area contributed by atoms with Crippen LogP contribution < -0.4 is 0 Å². The predicted molar refractivity (Wildman–Crippen MR) is 87.0 cm³/mol. The van der Waals surface area contributed by atoms with Gasteiger partial charge in [-0.05, 0) is 42.7 Å². The number of rotatable bonds is 6. The minimum Gasteiger partial charge on any atom is -0.341 e. The molecule has 0 N–H and O–H groups in total. The highest BCUT2D eigenvalue weighted by atomic mass is 35.5. The van der Waals surface area contributed by atoms with Crippen LogP contribution in [0.4, 0.5) is 0 Å². The van der Waals surface area contributed by atoms with Gasteiger partial charge in [-0.15, -0.1) is 11.6 Å². The Morgan fingerprint density at radius 2 is 2.36 bits per heavy atom. The molecule has 0 unspecified atom stereocenters. The zero-order valence-electron chi connectivity index (χ0n) is 13.2. The molecule has 5 heteroatoms. The molecule has 1 aliphatic rings. The van der Waals surface area contributed by atoms with Gasteiger partial charge >= 0.3 is 0 Å². The molecule has 22 heavy (non-hydrogen) atoms. The minimum atomic E-state index is -0.135. The fraction of sp³-hybridized carbons (Fsp3) is 0.588. The third-order valence-electron chi connectivity index (χ3n) is 4.57. The normalized spacial score (nSPS) is 21.8. The van der Waals surface area contributed by atoms with Gasteiger partial charge in [-0.2, -0.15) is 0 Å². The van der Waals surface area contributed by atoms with Crippen molar-refractivity contribution in [3.63, 3.8) is 0 Å². The molecule has 120 valence electrons. The van der Waals surface area contributed by atoms with Crippen LogP contribution in [0.2, 0.25) is 0 Å². The smallest absolute Gasteiger partial charge is 0.237 e. The van der Waals surface area contributed by atoms with Gasteiger partial charge in [0.2, 0.25) is 5.91 Å². The Balaban J connectivity index is 2.19. The minimum absolute atomic E-state index is 0.0505. The van der Waals surface area contributed by atoms with E-state index in [0.717, 1.165) is 31.2 Å².